The standard InChI is InChI=1S/C14H30N2/c1-5-14-7-6-8-16(14)11-13(4)10-15-9-12(2)3/h12-15H,5-11H2,1-4H3. The Kier molecular flexibility index (Phi) is 6.37. The molecule has 2 nitrogen and oxygen atoms in total. The molecule has 16 heavy (non-hydrogen) atoms. The van der Waals surface area contributed by atoms with Crippen LogP contribution in [0.5, 0.6) is 0 Å². The number of nitrogens with zero attached hydrogens (tertiary/aromatic N) is 1. The van der Waals surface area contributed by atoms with Crippen LogP contribution in [0.3, 0.4) is 0 Å². The maximum atomic E-state index is 3.56. The molecule has 0 spiro atoms. The van der Waals surface area contributed by atoms with E-state index < -0.39 is 0 Å². The molecule has 1 rings (SSSR count). The van der Waals surface area contributed by atoms with Gasteiger partial charge in [-0.15, -0.1) is 0 Å². The molecular weight excluding hydrogens is 196 g/mol. The second kappa shape index (κ2) is 7.29. The summed E-state index contributed by atoms with van der Waals surface area (Å²) in [5, 5.41) is 3.56. The fraction of sp³-hybridized carbons (Fsp3) is 1.00. The van der Waals surface area contributed by atoms with E-state index in [1.165, 1.54) is 38.9 Å². The highest BCUT2D eigenvalue weighted by atomic mass is 15.2. The molecule has 0 aromatic heterocycles. The summed E-state index contributed by atoms with van der Waals surface area (Å²) in [6.07, 6.45) is 4.15. The minimum Gasteiger partial charge on any atom is -0.316 e. The first kappa shape index (κ1) is 14.0. The van der Waals surface area contributed by atoms with Gasteiger partial charge in [0.25, 0.3) is 0 Å². The quantitative estimate of drug-likeness (QED) is 0.718. The third kappa shape index (κ3) is 4.84. The first-order valence-electron chi connectivity index (χ1n) is 7.08. The van der Waals surface area contributed by atoms with Crippen LogP contribution in [-0.2, 0) is 0 Å². The first-order chi connectivity index (χ1) is 7.63. The maximum absolute atomic E-state index is 3.56. The van der Waals surface area contributed by atoms with Crippen molar-refractivity contribution in [1.82, 2.24) is 10.2 Å². The Balaban J connectivity index is 2.15. The van der Waals surface area contributed by atoms with E-state index >= 15 is 0 Å². The van der Waals surface area contributed by atoms with Gasteiger partial charge in [0.15, 0.2) is 0 Å². The summed E-state index contributed by atoms with van der Waals surface area (Å²) in [7, 11) is 0. The van der Waals surface area contributed by atoms with Crippen molar-refractivity contribution in [3.8, 4) is 0 Å². The Morgan fingerprint density at radius 1 is 1.25 bits per heavy atom. The van der Waals surface area contributed by atoms with Crippen molar-refractivity contribution in [1.29, 1.82) is 0 Å². The Hall–Kier alpha value is -0.0800. The Morgan fingerprint density at radius 2 is 2.00 bits per heavy atom. The van der Waals surface area contributed by atoms with E-state index in [1.54, 1.807) is 0 Å². The molecule has 1 heterocycles. The average molecular weight is 226 g/mol. The summed E-state index contributed by atoms with van der Waals surface area (Å²) in [5.41, 5.74) is 0. The number of likely N-dealkylation sites (tertiary alicyclic amines) is 1. The van der Waals surface area contributed by atoms with Crippen molar-refractivity contribution in [3.63, 3.8) is 0 Å². The van der Waals surface area contributed by atoms with Crippen molar-refractivity contribution in [2.45, 2.75) is 53.0 Å². The van der Waals surface area contributed by atoms with Crippen LogP contribution >= 0.6 is 0 Å². The Morgan fingerprint density at radius 3 is 2.62 bits per heavy atom. The van der Waals surface area contributed by atoms with Gasteiger partial charge in [0, 0.05) is 12.6 Å². The molecule has 2 unspecified atom stereocenters. The number of hydrogen-bond donors (Lipinski definition) is 1. The fourth-order valence-corrected chi connectivity index (χ4v) is 2.68. The van der Waals surface area contributed by atoms with Crippen molar-refractivity contribution < 1.29 is 0 Å². The predicted molar refractivity (Wildman–Crippen MR) is 71.8 cm³/mol. The first-order valence-corrected chi connectivity index (χ1v) is 7.08. The SMILES string of the molecule is CCC1CCCN1CC(C)CNCC(C)C. The molecule has 0 aromatic rings. The van der Waals surface area contributed by atoms with Gasteiger partial charge in [-0.3, -0.25) is 0 Å². The Bertz CT molecular complexity index is 180. The van der Waals surface area contributed by atoms with E-state index in [9.17, 15) is 0 Å². The second-order valence-corrected chi connectivity index (χ2v) is 5.86. The van der Waals surface area contributed by atoms with Crippen molar-refractivity contribution >= 4 is 0 Å². The van der Waals surface area contributed by atoms with Crippen molar-refractivity contribution in [3.05, 3.63) is 0 Å². The molecule has 1 aliphatic heterocycles. The number of nitrogens with one attached hydrogen (secondary N) is 1. The fourth-order valence-electron chi connectivity index (χ4n) is 2.68. The van der Waals surface area contributed by atoms with Crippen LogP contribution < -0.4 is 5.32 Å². The van der Waals surface area contributed by atoms with Gasteiger partial charge in [0.2, 0.25) is 0 Å². The number of hydrogen-bond acceptors (Lipinski definition) is 2. The number of rotatable bonds is 7. The van der Waals surface area contributed by atoms with Crippen LogP contribution in [0.2, 0.25) is 0 Å². The average Bonchev–Trinajstić information content (AvgIpc) is 2.64. The molecule has 0 aromatic carbocycles. The molecular formula is C14H30N2. The van der Waals surface area contributed by atoms with Crippen LogP contribution in [0.1, 0.15) is 47.0 Å². The summed E-state index contributed by atoms with van der Waals surface area (Å²) in [6.45, 7) is 14.2. The summed E-state index contributed by atoms with van der Waals surface area (Å²) in [5.74, 6) is 1.55. The van der Waals surface area contributed by atoms with Gasteiger partial charge in [0.05, 0.1) is 0 Å². The third-order valence-electron chi connectivity index (χ3n) is 3.56. The molecule has 1 aliphatic rings. The van der Waals surface area contributed by atoms with Crippen molar-refractivity contribution in [2.24, 2.45) is 11.8 Å². The molecule has 0 amide bonds. The van der Waals surface area contributed by atoms with E-state index in [4.69, 9.17) is 0 Å². The summed E-state index contributed by atoms with van der Waals surface area (Å²) in [6, 6.07) is 0.868. The molecule has 2 heteroatoms. The highest BCUT2D eigenvalue weighted by Gasteiger charge is 2.23. The highest BCUT2D eigenvalue weighted by Crippen LogP contribution is 2.20. The highest BCUT2D eigenvalue weighted by molar-refractivity contribution is 4.79. The van der Waals surface area contributed by atoms with Crippen LogP contribution in [0.4, 0.5) is 0 Å². The maximum Gasteiger partial charge on any atom is 0.00932 e. The zero-order valence-corrected chi connectivity index (χ0v) is 11.6. The lowest BCUT2D eigenvalue weighted by Crippen LogP contribution is -2.36. The molecule has 1 fully saturated rings. The largest absolute Gasteiger partial charge is 0.316 e. The van der Waals surface area contributed by atoms with Gasteiger partial charge in [-0.05, 0) is 50.7 Å². The lowest BCUT2D eigenvalue weighted by molar-refractivity contribution is 0.213. The van der Waals surface area contributed by atoms with Gasteiger partial charge >= 0.3 is 0 Å². The van der Waals surface area contributed by atoms with E-state index in [-0.39, 0.29) is 0 Å². The van der Waals surface area contributed by atoms with Crippen LogP contribution in [0, 0.1) is 11.8 Å². The zero-order chi connectivity index (χ0) is 12.0. The third-order valence-corrected chi connectivity index (χ3v) is 3.56. The zero-order valence-electron chi connectivity index (χ0n) is 11.6. The molecule has 1 saturated heterocycles. The van der Waals surface area contributed by atoms with Gasteiger partial charge in [-0.25, -0.2) is 0 Å². The Labute approximate surface area is 102 Å². The summed E-state index contributed by atoms with van der Waals surface area (Å²) >= 11 is 0. The minimum absolute atomic E-state index is 0.766. The van der Waals surface area contributed by atoms with Crippen LogP contribution in [-0.4, -0.2) is 37.1 Å². The smallest absolute Gasteiger partial charge is 0.00932 e. The molecule has 0 saturated carbocycles. The normalized spacial score (nSPS) is 24.2. The molecule has 96 valence electrons. The van der Waals surface area contributed by atoms with E-state index in [0.717, 1.165) is 24.4 Å². The molecule has 0 bridgehead atoms. The van der Waals surface area contributed by atoms with Gasteiger partial charge in [-0.1, -0.05) is 27.7 Å². The van der Waals surface area contributed by atoms with Gasteiger partial charge in [0.1, 0.15) is 0 Å². The van der Waals surface area contributed by atoms with Gasteiger partial charge in [-0.2, -0.15) is 0 Å². The van der Waals surface area contributed by atoms with E-state index in [2.05, 4.69) is 37.9 Å². The lowest BCUT2D eigenvalue weighted by Gasteiger charge is -2.26. The minimum atomic E-state index is 0.766. The van der Waals surface area contributed by atoms with Crippen LogP contribution in [0.15, 0.2) is 0 Å². The van der Waals surface area contributed by atoms with E-state index in [1.807, 2.05) is 0 Å². The summed E-state index contributed by atoms with van der Waals surface area (Å²) in [4.78, 5) is 2.70. The van der Waals surface area contributed by atoms with E-state index in [0.29, 0.717) is 0 Å². The lowest BCUT2D eigenvalue weighted by atomic mass is 10.1. The molecule has 0 radical (unpaired) electrons. The van der Waals surface area contributed by atoms with Crippen molar-refractivity contribution in [2.75, 3.05) is 26.2 Å². The second-order valence-electron chi connectivity index (χ2n) is 5.86. The van der Waals surface area contributed by atoms with Gasteiger partial charge < -0.3 is 10.2 Å². The summed E-state index contributed by atoms with van der Waals surface area (Å²) < 4.78 is 0. The molecule has 0 aliphatic carbocycles. The monoisotopic (exact) mass is 226 g/mol. The topological polar surface area (TPSA) is 15.3 Å². The predicted octanol–water partition coefficient (Wildman–Crippen LogP) is 2.74. The molecule has 2 atom stereocenters. The molecule has 1 N–H and O–H groups in total. The van der Waals surface area contributed by atoms with Crippen LogP contribution in [0.25, 0.3) is 0 Å².